The molecule has 1 N–H and O–H groups in total. The largest absolute Gasteiger partial charge is 0.388 e. The van der Waals surface area contributed by atoms with Crippen LogP contribution in [0.2, 0.25) is 0 Å². The van der Waals surface area contributed by atoms with E-state index in [0.29, 0.717) is 11.8 Å². The Kier molecular flexibility index (Phi) is 3.34. The van der Waals surface area contributed by atoms with Crippen LogP contribution in [-0.4, -0.2) is 5.11 Å². The summed E-state index contributed by atoms with van der Waals surface area (Å²) in [6, 6.07) is 6.49. The molecule has 0 amide bonds. The maximum Gasteiger partial charge on any atom is 0.0820 e. The van der Waals surface area contributed by atoms with Gasteiger partial charge < -0.3 is 5.11 Å². The fraction of sp³-hybridized carbons (Fsp3) is 0.600. The first-order valence-electron chi connectivity index (χ1n) is 6.47. The number of hydrogen-bond donors (Lipinski definition) is 1. The highest BCUT2D eigenvalue weighted by atomic mass is 16.3. The molecule has 3 atom stereocenters. The molecule has 0 radical (unpaired) electrons. The van der Waals surface area contributed by atoms with Crippen molar-refractivity contribution in [1.82, 2.24) is 0 Å². The van der Waals surface area contributed by atoms with Gasteiger partial charge in [-0.3, -0.25) is 0 Å². The van der Waals surface area contributed by atoms with Crippen LogP contribution in [0.5, 0.6) is 0 Å². The molecule has 0 aromatic heterocycles. The lowest BCUT2D eigenvalue weighted by atomic mass is 9.96. The molecule has 1 aliphatic carbocycles. The standard InChI is InChI=1S/C15H22O/c1-4-11-6-7-13(9-12(11)5-2)15(16)14-8-10(14)3/h6-7,9-10,14-16H,4-5,8H2,1-3H3. The van der Waals surface area contributed by atoms with E-state index in [2.05, 4.69) is 39.0 Å². The van der Waals surface area contributed by atoms with Crippen molar-refractivity contribution in [3.05, 3.63) is 34.9 Å². The molecule has 0 heterocycles. The molecular formula is C15H22O. The minimum absolute atomic E-state index is 0.244. The second kappa shape index (κ2) is 4.58. The summed E-state index contributed by atoms with van der Waals surface area (Å²) in [7, 11) is 0. The van der Waals surface area contributed by atoms with E-state index in [4.69, 9.17) is 0 Å². The molecule has 1 aliphatic rings. The van der Waals surface area contributed by atoms with Crippen LogP contribution in [0.3, 0.4) is 0 Å². The van der Waals surface area contributed by atoms with Crippen molar-refractivity contribution in [2.75, 3.05) is 0 Å². The zero-order valence-corrected chi connectivity index (χ0v) is 10.5. The number of rotatable bonds is 4. The molecule has 1 aromatic carbocycles. The molecule has 1 fully saturated rings. The van der Waals surface area contributed by atoms with Gasteiger partial charge in [-0.2, -0.15) is 0 Å². The van der Waals surface area contributed by atoms with Crippen LogP contribution < -0.4 is 0 Å². The van der Waals surface area contributed by atoms with Crippen molar-refractivity contribution in [3.63, 3.8) is 0 Å². The lowest BCUT2D eigenvalue weighted by molar-refractivity contribution is 0.148. The predicted octanol–water partition coefficient (Wildman–Crippen LogP) is 3.50. The maximum atomic E-state index is 10.2. The van der Waals surface area contributed by atoms with Crippen molar-refractivity contribution in [2.45, 2.75) is 46.1 Å². The van der Waals surface area contributed by atoms with Crippen LogP contribution in [0, 0.1) is 11.8 Å². The minimum atomic E-state index is -0.244. The molecule has 2 rings (SSSR count). The third kappa shape index (κ3) is 2.15. The molecule has 0 bridgehead atoms. The summed E-state index contributed by atoms with van der Waals surface area (Å²) in [6.07, 6.45) is 3.08. The van der Waals surface area contributed by atoms with Crippen molar-refractivity contribution < 1.29 is 5.11 Å². The van der Waals surface area contributed by atoms with E-state index in [0.717, 1.165) is 18.4 Å². The van der Waals surface area contributed by atoms with Crippen LogP contribution in [-0.2, 0) is 12.8 Å². The van der Waals surface area contributed by atoms with E-state index in [1.807, 2.05) is 0 Å². The minimum Gasteiger partial charge on any atom is -0.388 e. The number of aliphatic hydroxyl groups is 1. The summed E-state index contributed by atoms with van der Waals surface area (Å²) < 4.78 is 0. The Hall–Kier alpha value is -0.820. The third-order valence-corrected chi connectivity index (χ3v) is 3.91. The number of aliphatic hydroxyl groups excluding tert-OH is 1. The second-order valence-electron chi connectivity index (χ2n) is 5.06. The first kappa shape index (κ1) is 11.7. The van der Waals surface area contributed by atoms with Gasteiger partial charge in [0.25, 0.3) is 0 Å². The summed E-state index contributed by atoms with van der Waals surface area (Å²) in [5.41, 5.74) is 3.93. The Morgan fingerprint density at radius 1 is 1.25 bits per heavy atom. The predicted molar refractivity (Wildman–Crippen MR) is 67.4 cm³/mol. The molecule has 1 heteroatoms. The van der Waals surface area contributed by atoms with E-state index in [-0.39, 0.29) is 6.10 Å². The third-order valence-electron chi connectivity index (χ3n) is 3.91. The average Bonchev–Trinajstić information content (AvgIpc) is 3.04. The van der Waals surface area contributed by atoms with Crippen molar-refractivity contribution in [3.8, 4) is 0 Å². The highest BCUT2D eigenvalue weighted by Crippen LogP contribution is 2.47. The number of aryl methyl sites for hydroxylation is 2. The highest BCUT2D eigenvalue weighted by Gasteiger charge is 2.39. The van der Waals surface area contributed by atoms with Gasteiger partial charge in [0.15, 0.2) is 0 Å². The van der Waals surface area contributed by atoms with Gasteiger partial charge in [-0.05, 0) is 47.8 Å². The van der Waals surface area contributed by atoms with Crippen LogP contribution in [0.15, 0.2) is 18.2 Å². The fourth-order valence-corrected chi connectivity index (χ4v) is 2.54. The Labute approximate surface area is 98.5 Å². The zero-order chi connectivity index (χ0) is 11.7. The molecular weight excluding hydrogens is 196 g/mol. The van der Waals surface area contributed by atoms with Crippen LogP contribution >= 0.6 is 0 Å². The van der Waals surface area contributed by atoms with E-state index in [9.17, 15) is 5.11 Å². The lowest BCUT2D eigenvalue weighted by Gasteiger charge is -2.14. The SMILES string of the molecule is CCc1ccc(C(O)C2CC2C)cc1CC. The molecule has 0 aliphatic heterocycles. The number of hydrogen-bond acceptors (Lipinski definition) is 1. The Balaban J connectivity index is 2.21. The van der Waals surface area contributed by atoms with E-state index in [1.54, 1.807) is 0 Å². The summed E-state index contributed by atoms with van der Waals surface area (Å²) in [5.74, 6) is 1.20. The Morgan fingerprint density at radius 3 is 2.38 bits per heavy atom. The number of benzene rings is 1. The molecule has 1 saturated carbocycles. The van der Waals surface area contributed by atoms with Gasteiger partial charge in [0.1, 0.15) is 0 Å². The first-order valence-corrected chi connectivity index (χ1v) is 6.47. The topological polar surface area (TPSA) is 20.2 Å². The van der Waals surface area contributed by atoms with Crippen LogP contribution in [0.4, 0.5) is 0 Å². The van der Waals surface area contributed by atoms with Gasteiger partial charge in [-0.1, -0.05) is 39.0 Å². The van der Waals surface area contributed by atoms with Gasteiger partial charge >= 0.3 is 0 Å². The van der Waals surface area contributed by atoms with Crippen molar-refractivity contribution in [1.29, 1.82) is 0 Å². The van der Waals surface area contributed by atoms with Gasteiger partial charge in [0, 0.05) is 0 Å². The van der Waals surface area contributed by atoms with Gasteiger partial charge in [-0.25, -0.2) is 0 Å². The summed E-state index contributed by atoms with van der Waals surface area (Å²) in [5, 5.41) is 10.2. The van der Waals surface area contributed by atoms with E-state index < -0.39 is 0 Å². The smallest absolute Gasteiger partial charge is 0.0820 e. The quantitative estimate of drug-likeness (QED) is 0.820. The molecule has 88 valence electrons. The summed E-state index contributed by atoms with van der Waals surface area (Å²) in [6.45, 7) is 6.59. The summed E-state index contributed by atoms with van der Waals surface area (Å²) >= 11 is 0. The van der Waals surface area contributed by atoms with Crippen molar-refractivity contribution >= 4 is 0 Å². The van der Waals surface area contributed by atoms with E-state index in [1.165, 1.54) is 17.5 Å². The molecule has 1 aromatic rings. The fourth-order valence-electron chi connectivity index (χ4n) is 2.54. The highest BCUT2D eigenvalue weighted by molar-refractivity contribution is 5.34. The molecule has 3 unspecified atom stereocenters. The summed E-state index contributed by atoms with van der Waals surface area (Å²) in [4.78, 5) is 0. The van der Waals surface area contributed by atoms with Crippen LogP contribution in [0.1, 0.15) is 50.0 Å². The van der Waals surface area contributed by atoms with Crippen molar-refractivity contribution in [2.24, 2.45) is 11.8 Å². The van der Waals surface area contributed by atoms with Gasteiger partial charge in [0.05, 0.1) is 6.10 Å². The van der Waals surface area contributed by atoms with Gasteiger partial charge in [-0.15, -0.1) is 0 Å². The molecule has 0 saturated heterocycles. The Bertz CT molecular complexity index is 370. The molecule has 16 heavy (non-hydrogen) atoms. The van der Waals surface area contributed by atoms with Crippen LogP contribution in [0.25, 0.3) is 0 Å². The lowest BCUT2D eigenvalue weighted by Crippen LogP contribution is -2.03. The monoisotopic (exact) mass is 218 g/mol. The normalized spacial score (nSPS) is 25.5. The average molecular weight is 218 g/mol. The second-order valence-corrected chi connectivity index (χ2v) is 5.06. The zero-order valence-electron chi connectivity index (χ0n) is 10.5. The Morgan fingerprint density at radius 2 is 1.88 bits per heavy atom. The molecule has 0 spiro atoms. The van der Waals surface area contributed by atoms with E-state index >= 15 is 0 Å². The molecule has 1 nitrogen and oxygen atoms in total. The van der Waals surface area contributed by atoms with Gasteiger partial charge in [0.2, 0.25) is 0 Å². The maximum absolute atomic E-state index is 10.2. The first-order chi connectivity index (χ1) is 7.67.